The summed E-state index contributed by atoms with van der Waals surface area (Å²) in [6.45, 7) is 7.13. The molecule has 6 nitrogen and oxygen atoms in total. The van der Waals surface area contributed by atoms with Gasteiger partial charge in [0.2, 0.25) is 5.95 Å². The number of aromatic nitrogens is 2. The first-order valence-corrected chi connectivity index (χ1v) is 8.12. The summed E-state index contributed by atoms with van der Waals surface area (Å²) in [7, 11) is 0. The van der Waals surface area contributed by atoms with Crippen molar-refractivity contribution >= 4 is 17.5 Å². The Morgan fingerprint density at radius 2 is 2.00 bits per heavy atom. The highest BCUT2D eigenvalue weighted by atomic mass is 19.1. The van der Waals surface area contributed by atoms with Crippen LogP contribution in [0.15, 0.2) is 30.3 Å². The Bertz CT molecular complexity index is 676. The monoisotopic (exact) mass is 331 g/mol. The van der Waals surface area contributed by atoms with Gasteiger partial charge in [0.15, 0.2) is 0 Å². The predicted octanol–water partition coefficient (Wildman–Crippen LogP) is 2.41. The van der Waals surface area contributed by atoms with Crippen LogP contribution < -0.4 is 10.6 Å². The lowest BCUT2D eigenvalue weighted by Crippen LogP contribution is -2.39. The number of nitrogens with one attached hydrogen (secondary N) is 2. The van der Waals surface area contributed by atoms with Gasteiger partial charge in [0.05, 0.1) is 18.9 Å². The Balaban J connectivity index is 1.60. The van der Waals surface area contributed by atoms with Gasteiger partial charge in [-0.15, -0.1) is 0 Å². The third-order valence-electron chi connectivity index (χ3n) is 3.81. The van der Waals surface area contributed by atoms with Gasteiger partial charge < -0.3 is 15.4 Å². The van der Waals surface area contributed by atoms with Gasteiger partial charge >= 0.3 is 0 Å². The molecule has 1 aromatic carbocycles. The Morgan fingerprint density at radius 1 is 1.21 bits per heavy atom. The molecule has 0 aliphatic carbocycles. The molecule has 0 bridgehead atoms. The van der Waals surface area contributed by atoms with Crippen LogP contribution in [0, 0.1) is 12.7 Å². The van der Waals surface area contributed by atoms with Crippen molar-refractivity contribution in [1.29, 1.82) is 0 Å². The third kappa shape index (κ3) is 4.62. The number of nitrogens with zero attached hydrogens (tertiary/aromatic N) is 3. The van der Waals surface area contributed by atoms with E-state index in [4.69, 9.17) is 4.74 Å². The summed E-state index contributed by atoms with van der Waals surface area (Å²) in [4.78, 5) is 11.1. The van der Waals surface area contributed by atoms with E-state index in [2.05, 4.69) is 25.5 Å². The number of para-hydroxylation sites is 1. The topological polar surface area (TPSA) is 62.3 Å². The second-order valence-corrected chi connectivity index (χ2v) is 5.70. The maximum absolute atomic E-state index is 13.7. The lowest BCUT2D eigenvalue weighted by Gasteiger charge is -2.26. The van der Waals surface area contributed by atoms with E-state index in [1.165, 1.54) is 6.07 Å². The van der Waals surface area contributed by atoms with Gasteiger partial charge in [0.1, 0.15) is 11.6 Å². The van der Waals surface area contributed by atoms with Gasteiger partial charge in [-0.3, -0.25) is 4.90 Å². The molecule has 0 radical (unpaired) electrons. The van der Waals surface area contributed by atoms with Gasteiger partial charge in [-0.25, -0.2) is 9.37 Å². The van der Waals surface area contributed by atoms with E-state index in [9.17, 15) is 4.39 Å². The van der Waals surface area contributed by atoms with Gasteiger partial charge in [-0.2, -0.15) is 4.98 Å². The van der Waals surface area contributed by atoms with Crippen molar-refractivity contribution in [1.82, 2.24) is 14.9 Å². The number of ether oxygens (including phenoxy) is 1. The van der Waals surface area contributed by atoms with Gasteiger partial charge in [-0.05, 0) is 19.1 Å². The van der Waals surface area contributed by atoms with E-state index >= 15 is 0 Å². The Hall–Kier alpha value is -2.25. The van der Waals surface area contributed by atoms with Gasteiger partial charge in [-0.1, -0.05) is 12.1 Å². The molecule has 0 spiro atoms. The zero-order valence-corrected chi connectivity index (χ0v) is 13.8. The van der Waals surface area contributed by atoms with Crippen LogP contribution in [0.4, 0.5) is 21.8 Å². The second kappa shape index (κ2) is 8.03. The first kappa shape index (κ1) is 16.6. The molecule has 0 atom stereocenters. The molecule has 0 unspecified atom stereocenters. The molecular weight excluding hydrogens is 309 g/mol. The highest BCUT2D eigenvalue weighted by Gasteiger charge is 2.10. The number of aryl methyl sites for hydroxylation is 1. The Morgan fingerprint density at radius 3 is 2.79 bits per heavy atom. The fourth-order valence-electron chi connectivity index (χ4n) is 2.56. The summed E-state index contributed by atoms with van der Waals surface area (Å²) in [5, 5.41) is 6.24. The van der Waals surface area contributed by atoms with Crippen LogP contribution in [0.25, 0.3) is 0 Å². The molecule has 1 aliphatic rings. The molecule has 0 amide bonds. The number of anilines is 3. The van der Waals surface area contributed by atoms with Crippen molar-refractivity contribution < 1.29 is 9.13 Å². The molecule has 2 aromatic rings. The van der Waals surface area contributed by atoms with Crippen LogP contribution in [0.5, 0.6) is 0 Å². The predicted molar refractivity (Wildman–Crippen MR) is 92.2 cm³/mol. The summed E-state index contributed by atoms with van der Waals surface area (Å²) in [6, 6.07) is 8.36. The average molecular weight is 331 g/mol. The van der Waals surface area contributed by atoms with Gasteiger partial charge in [0, 0.05) is 37.9 Å². The van der Waals surface area contributed by atoms with E-state index in [1.54, 1.807) is 18.2 Å². The fraction of sp³-hybridized carbons (Fsp3) is 0.412. The molecule has 1 aliphatic heterocycles. The van der Waals surface area contributed by atoms with E-state index in [0.29, 0.717) is 11.6 Å². The van der Waals surface area contributed by atoms with Crippen molar-refractivity contribution in [2.45, 2.75) is 6.92 Å². The number of hydrogen-bond acceptors (Lipinski definition) is 6. The molecule has 24 heavy (non-hydrogen) atoms. The van der Waals surface area contributed by atoms with Crippen molar-refractivity contribution in [3.05, 3.63) is 41.8 Å². The third-order valence-corrected chi connectivity index (χ3v) is 3.81. The zero-order valence-electron chi connectivity index (χ0n) is 13.8. The molecular formula is C17H22FN5O. The van der Waals surface area contributed by atoms with E-state index < -0.39 is 0 Å². The molecule has 128 valence electrons. The number of halogens is 1. The molecule has 1 saturated heterocycles. The van der Waals surface area contributed by atoms with Crippen LogP contribution in [0.3, 0.4) is 0 Å². The molecule has 2 heterocycles. The quantitative estimate of drug-likeness (QED) is 0.848. The Labute approximate surface area is 141 Å². The lowest BCUT2D eigenvalue weighted by molar-refractivity contribution is 0.0398. The first-order chi connectivity index (χ1) is 11.7. The molecule has 0 saturated carbocycles. The molecule has 1 aromatic heterocycles. The SMILES string of the molecule is Cc1cc(NCCN2CCOCC2)nc(Nc2ccccc2F)n1. The minimum atomic E-state index is -0.329. The maximum atomic E-state index is 13.7. The van der Waals surface area contributed by atoms with Crippen LogP contribution in [-0.4, -0.2) is 54.3 Å². The molecule has 3 rings (SSSR count). The smallest absolute Gasteiger partial charge is 0.229 e. The van der Waals surface area contributed by atoms with E-state index in [-0.39, 0.29) is 5.82 Å². The van der Waals surface area contributed by atoms with Gasteiger partial charge in [0.25, 0.3) is 0 Å². The highest BCUT2D eigenvalue weighted by Crippen LogP contribution is 2.18. The number of hydrogen-bond donors (Lipinski definition) is 2. The van der Waals surface area contributed by atoms with E-state index in [1.807, 2.05) is 13.0 Å². The number of benzene rings is 1. The summed E-state index contributed by atoms with van der Waals surface area (Å²) >= 11 is 0. The molecule has 2 N–H and O–H groups in total. The number of morpholine rings is 1. The van der Waals surface area contributed by atoms with Crippen molar-refractivity contribution in [2.75, 3.05) is 50.0 Å². The van der Waals surface area contributed by atoms with E-state index in [0.717, 1.165) is 50.9 Å². The van der Waals surface area contributed by atoms with Crippen molar-refractivity contribution in [3.63, 3.8) is 0 Å². The summed E-state index contributed by atoms with van der Waals surface area (Å²) in [6.07, 6.45) is 0. The van der Waals surface area contributed by atoms with Crippen molar-refractivity contribution in [3.8, 4) is 0 Å². The van der Waals surface area contributed by atoms with Crippen LogP contribution in [0.1, 0.15) is 5.69 Å². The maximum Gasteiger partial charge on any atom is 0.229 e. The standard InChI is InChI=1S/C17H22FN5O/c1-13-12-16(19-6-7-23-8-10-24-11-9-23)22-17(20-13)21-15-5-3-2-4-14(15)18/h2-5,12H,6-11H2,1H3,(H2,19,20,21,22). The first-order valence-electron chi connectivity index (χ1n) is 8.12. The zero-order chi connectivity index (χ0) is 16.8. The second-order valence-electron chi connectivity index (χ2n) is 5.70. The Kier molecular flexibility index (Phi) is 5.55. The summed E-state index contributed by atoms with van der Waals surface area (Å²) < 4.78 is 19.1. The van der Waals surface area contributed by atoms with Crippen molar-refractivity contribution in [2.24, 2.45) is 0 Å². The molecule has 1 fully saturated rings. The van der Waals surface area contributed by atoms with Crippen LogP contribution >= 0.6 is 0 Å². The minimum absolute atomic E-state index is 0.329. The largest absolute Gasteiger partial charge is 0.379 e. The minimum Gasteiger partial charge on any atom is -0.379 e. The average Bonchev–Trinajstić information content (AvgIpc) is 2.57. The fourth-order valence-corrected chi connectivity index (χ4v) is 2.56. The molecule has 7 heteroatoms. The highest BCUT2D eigenvalue weighted by molar-refractivity contribution is 5.55. The van der Waals surface area contributed by atoms with Crippen LogP contribution in [0.2, 0.25) is 0 Å². The number of rotatable bonds is 6. The summed E-state index contributed by atoms with van der Waals surface area (Å²) in [5.74, 6) is 0.785. The lowest BCUT2D eigenvalue weighted by atomic mass is 10.3. The summed E-state index contributed by atoms with van der Waals surface area (Å²) in [5.41, 5.74) is 1.18. The van der Waals surface area contributed by atoms with Crippen LogP contribution in [-0.2, 0) is 4.74 Å². The normalized spacial score (nSPS) is 15.2.